The van der Waals surface area contributed by atoms with Crippen LogP contribution >= 0.6 is 11.3 Å². The number of carbonyl (C=O) groups is 3. The van der Waals surface area contributed by atoms with Gasteiger partial charge in [0.05, 0.1) is 36.9 Å². The molecule has 0 bridgehead atoms. The van der Waals surface area contributed by atoms with Crippen LogP contribution in [0.5, 0.6) is 5.75 Å². The van der Waals surface area contributed by atoms with Crippen molar-refractivity contribution < 1.29 is 19.1 Å². The van der Waals surface area contributed by atoms with Gasteiger partial charge in [0, 0.05) is 4.88 Å². The molecule has 0 radical (unpaired) electrons. The fraction of sp³-hybridized carbons (Fsp3) is 0.136. The molecule has 2 aromatic carbocycles. The highest BCUT2D eigenvalue weighted by molar-refractivity contribution is 7.09. The van der Waals surface area contributed by atoms with Gasteiger partial charge in [0.2, 0.25) is 0 Å². The Morgan fingerprint density at radius 3 is 2.38 bits per heavy atom. The molecular weight excluding hydrogens is 388 g/mol. The van der Waals surface area contributed by atoms with Gasteiger partial charge in [-0.05, 0) is 41.3 Å². The Morgan fingerprint density at radius 1 is 1.03 bits per heavy atom. The average Bonchev–Trinajstić information content (AvgIpc) is 3.35. The number of methoxy groups -OCH3 is 1. The second-order valence-corrected chi connectivity index (χ2v) is 7.57. The van der Waals surface area contributed by atoms with Gasteiger partial charge in [-0.25, -0.2) is 0 Å². The largest absolute Gasteiger partial charge is 0.496 e. The summed E-state index contributed by atoms with van der Waals surface area (Å²) in [7, 11) is 1.50. The lowest BCUT2D eigenvalue weighted by Gasteiger charge is -2.16. The Labute approximate surface area is 171 Å². The molecule has 2 heterocycles. The lowest BCUT2D eigenvalue weighted by atomic mass is 10.1. The Morgan fingerprint density at radius 2 is 1.76 bits per heavy atom. The fourth-order valence-corrected chi connectivity index (χ4v) is 3.92. The molecule has 0 unspecified atom stereocenters. The lowest BCUT2D eigenvalue weighted by molar-refractivity contribution is 0.0642. The van der Waals surface area contributed by atoms with Crippen LogP contribution in [0.4, 0.5) is 0 Å². The fourth-order valence-electron chi connectivity index (χ4n) is 3.27. The van der Waals surface area contributed by atoms with Crippen molar-refractivity contribution in [2.45, 2.75) is 13.1 Å². The number of hydrogen-bond donors (Lipinski definition) is 1. The minimum Gasteiger partial charge on any atom is -0.496 e. The van der Waals surface area contributed by atoms with Gasteiger partial charge in [-0.2, -0.15) is 0 Å². The first-order chi connectivity index (χ1) is 14.1. The third-order valence-electron chi connectivity index (χ3n) is 4.73. The number of benzene rings is 2. The molecule has 0 aliphatic carbocycles. The zero-order chi connectivity index (χ0) is 20.4. The van der Waals surface area contributed by atoms with E-state index >= 15 is 0 Å². The normalized spacial score (nSPS) is 12.8. The summed E-state index contributed by atoms with van der Waals surface area (Å²) in [5, 5.41) is 4.82. The SMILES string of the molecule is COc1ccc(CN2C(=O)c3ccccc3C2=O)cc1C(=O)NCc1cccs1. The van der Waals surface area contributed by atoms with Crippen LogP contribution in [-0.2, 0) is 13.1 Å². The summed E-state index contributed by atoms with van der Waals surface area (Å²) in [5.74, 6) is -0.505. The van der Waals surface area contributed by atoms with Crippen molar-refractivity contribution >= 4 is 29.1 Å². The maximum Gasteiger partial charge on any atom is 0.261 e. The van der Waals surface area contributed by atoms with E-state index in [9.17, 15) is 14.4 Å². The number of thiophene rings is 1. The predicted molar refractivity (Wildman–Crippen MR) is 109 cm³/mol. The summed E-state index contributed by atoms with van der Waals surface area (Å²) in [6.07, 6.45) is 0. The van der Waals surface area contributed by atoms with Gasteiger partial charge in [-0.1, -0.05) is 24.3 Å². The van der Waals surface area contributed by atoms with Crippen molar-refractivity contribution in [3.63, 3.8) is 0 Å². The van der Waals surface area contributed by atoms with E-state index in [1.54, 1.807) is 53.8 Å². The molecule has 1 aromatic heterocycles. The third-order valence-corrected chi connectivity index (χ3v) is 5.61. The van der Waals surface area contributed by atoms with Crippen molar-refractivity contribution in [3.8, 4) is 5.75 Å². The number of fused-ring (bicyclic) bond motifs is 1. The number of amides is 3. The molecule has 0 spiro atoms. The van der Waals surface area contributed by atoms with Crippen LogP contribution in [0.1, 0.15) is 41.5 Å². The van der Waals surface area contributed by atoms with Gasteiger partial charge < -0.3 is 10.1 Å². The van der Waals surface area contributed by atoms with Crippen molar-refractivity contribution in [2.24, 2.45) is 0 Å². The number of rotatable bonds is 6. The highest BCUT2D eigenvalue weighted by Crippen LogP contribution is 2.26. The quantitative estimate of drug-likeness (QED) is 0.636. The maximum atomic E-state index is 12.7. The Hall–Kier alpha value is -3.45. The molecule has 0 saturated carbocycles. The standard InChI is InChI=1S/C22H18N2O4S/c1-28-19-9-8-14(11-18(19)20(25)23-12-15-5-4-10-29-15)13-24-21(26)16-6-2-3-7-17(16)22(24)27/h2-11H,12-13H2,1H3,(H,23,25). The van der Waals surface area contributed by atoms with E-state index in [0.717, 1.165) is 4.88 Å². The molecule has 3 amide bonds. The Kier molecular flexibility index (Phi) is 5.14. The number of nitrogens with one attached hydrogen (secondary N) is 1. The molecular formula is C22H18N2O4S. The molecule has 0 saturated heterocycles. The average molecular weight is 406 g/mol. The van der Waals surface area contributed by atoms with Gasteiger partial charge in [-0.3, -0.25) is 19.3 Å². The van der Waals surface area contributed by atoms with E-state index in [-0.39, 0.29) is 24.3 Å². The van der Waals surface area contributed by atoms with E-state index in [1.165, 1.54) is 12.0 Å². The van der Waals surface area contributed by atoms with Crippen LogP contribution in [0, 0.1) is 0 Å². The second-order valence-electron chi connectivity index (χ2n) is 6.54. The monoisotopic (exact) mass is 406 g/mol. The molecule has 0 atom stereocenters. The summed E-state index contributed by atoms with van der Waals surface area (Å²) < 4.78 is 5.32. The Balaban J connectivity index is 1.55. The van der Waals surface area contributed by atoms with E-state index in [1.807, 2.05) is 17.5 Å². The van der Waals surface area contributed by atoms with Gasteiger partial charge in [-0.15, -0.1) is 11.3 Å². The second kappa shape index (κ2) is 7.89. The van der Waals surface area contributed by atoms with Crippen LogP contribution < -0.4 is 10.1 Å². The van der Waals surface area contributed by atoms with E-state index in [0.29, 0.717) is 34.5 Å². The number of hydrogen-bond acceptors (Lipinski definition) is 5. The van der Waals surface area contributed by atoms with Crippen LogP contribution in [0.2, 0.25) is 0 Å². The zero-order valence-electron chi connectivity index (χ0n) is 15.7. The smallest absolute Gasteiger partial charge is 0.261 e. The first-order valence-corrected chi connectivity index (χ1v) is 9.89. The zero-order valence-corrected chi connectivity index (χ0v) is 16.5. The first kappa shape index (κ1) is 18.9. The van der Waals surface area contributed by atoms with E-state index < -0.39 is 0 Å². The summed E-state index contributed by atoms with van der Waals surface area (Å²) >= 11 is 1.56. The van der Waals surface area contributed by atoms with Gasteiger partial charge in [0.15, 0.2) is 0 Å². The van der Waals surface area contributed by atoms with Crippen molar-refractivity contribution in [1.29, 1.82) is 0 Å². The van der Waals surface area contributed by atoms with Crippen LogP contribution in [0.15, 0.2) is 60.0 Å². The first-order valence-electron chi connectivity index (χ1n) is 9.01. The predicted octanol–water partition coefficient (Wildman–Crippen LogP) is 3.48. The lowest BCUT2D eigenvalue weighted by Crippen LogP contribution is -2.29. The Bertz CT molecular complexity index is 1060. The highest BCUT2D eigenvalue weighted by Gasteiger charge is 2.35. The molecule has 3 aromatic rings. The van der Waals surface area contributed by atoms with Crippen LogP contribution in [0.25, 0.3) is 0 Å². The molecule has 1 N–H and O–H groups in total. The molecule has 6 nitrogen and oxygen atoms in total. The van der Waals surface area contributed by atoms with Gasteiger partial charge in [0.1, 0.15) is 5.75 Å². The van der Waals surface area contributed by atoms with Crippen LogP contribution in [-0.4, -0.2) is 29.7 Å². The molecule has 29 heavy (non-hydrogen) atoms. The summed E-state index contributed by atoms with van der Waals surface area (Å²) in [6.45, 7) is 0.504. The van der Waals surface area contributed by atoms with Crippen LogP contribution in [0.3, 0.4) is 0 Å². The summed E-state index contributed by atoms with van der Waals surface area (Å²) in [5.41, 5.74) is 1.83. The molecule has 146 valence electrons. The number of imide groups is 1. The minimum atomic E-state index is -0.329. The van der Waals surface area contributed by atoms with Gasteiger partial charge >= 0.3 is 0 Å². The topological polar surface area (TPSA) is 75.7 Å². The van der Waals surface area contributed by atoms with Gasteiger partial charge in [0.25, 0.3) is 17.7 Å². The van der Waals surface area contributed by atoms with E-state index in [4.69, 9.17) is 4.74 Å². The van der Waals surface area contributed by atoms with Crippen molar-refractivity contribution in [1.82, 2.24) is 10.2 Å². The maximum absolute atomic E-state index is 12.7. The third kappa shape index (κ3) is 3.64. The molecule has 4 rings (SSSR count). The number of carbonyl (C=O) groups excluding carboxylic acids is 3. The minimum absolute atomic E-state index is 0.0849. The molecule has 1 aliphatic heterocycles. The molecule has 0 fully saturated rings. The van der Waals surface area contributed by atoms with E-state index in [2.05, 4.69) is 5.32 Å². The molecule has 1 aliphatic rings. The summed E-state index contributed by atoms with van der Waals surface area (Å²) in [6, 6.07) is 15.7. The molecule has 7 heteroatoms. The van der Waals surface area contributed by atoms with Crippen molar-refractivity contribution in [3.05, 3.63) is 87.1 Å². The number of ether oxygens (including phenoxy) is 1. The highest BCUT2D eigenvalue weighted by atomic mass is 32.1. The summed E-state index contributed by atoms with van der Waals surface area (Å²) in [4.78, 5) is 40.1. The van der Waals surface area contributed by atoms with Crippen molar-refractivity contribution in [2.75, 3.05) is 7.11 Å². The number of nitrogens with zero attached hydrogens (tertiary/aromatic N) is 1.